The molecule has 1 amide bonds. The molecule has 29 heavy (non-hydrogen) atoms. The predicted molar refractivity (Wildman–Crippen MR) is 114 cm³/mol. The fourth-order valence-corrected chi connectivity index (χ4v) is 4.15. The first-order valence-corrected chi connectivity index (χ1v) is 11.8. The van der Waals surface area contributed by atoms with E-state index in [1.165, 1.54) is 28.8 Å². The fourth-order valence-electron chi connectivity index (χ4n) is 2.44. The van der Waals surface area contributed by atoms with Crippen molar-refractivity contribution >= 4 is 39.3 Å². The Hall–Kier alpha value is -2.36. The Morgan fingerprint density at radius 2 is 1.66 bits per heavy atom. The number of esters is 1. The van der Waals surface area contributed by atoms with Gasteiger partial charge in [0.05, 0.1) is 4.90 Å². The van der Waals surface area contributed by atoms with E-state index in [1.54, 1.807) is 49.5 Å². The first-order valence-electron chi connectivity index (χ1n) is 8.89. The van der Waals surface area contributed by atoms with Crippen LogP contribution < -0.4 is 9.62 Å². The number of carbonyl (C=O) groups excluding carboxylic acids is 2. The topological polar surface area (TPSA) is 92.8 Å². The second kappa shape index (κ2) is 11.0. The molecule has 156 valence electrons. The van der Waals surface area contributed by atoms with Crippen molar-refractivity contribution in [3.8, 4) is 0 Å². The van der Waals surface area contributed by atoms with Crippen molar-refractivity contribution < 1.29 is 22.7 Å². The Bertz CT molecular complexity index is 905. The zero-order valence-corrected chi connectivity index (χ0v) is 17.9. The Balaban J connectivity index is 2.02. The minimum absolute atomic E-state index is 0.0573. The van der Waals surface area contributed by atoms with Gasteiger partial charge in [-0.25, -0.2) is 8.42 Å². The molecule has 0 aromatic heterocycles. The van der Waals surface area contributed by atoms with E-state index in [2.05, 4.69) is 4.72 Å². The maximum Gasteiger partial charge on any atom is 0.324 e. The van der Waals surface area contributed by atoms with Gasteiger partial charge in [0.15, 0.2) is 6.61 Å². The van der Waals surface area contributed by atoms with E-state index in [4.69, 9.17) is 4.74 Å². The van der Waals surface area contributed by atoms with Crippen LogP contribution in [0.25, 0.3) is 0 Å². The molecule has 1 unspecified atom stereocenters. The van der Waals surface area contributed by atoms with E-state index in [0.29, 0.717) is 11.4 Å². The predicted octanol–water partition coefficient (Wildman–Crippen LogP) is 2.29. The number of hydrogen-bond donors (Lipinski definition) is 1. The molecular weight excluding hydrogens is 412 g/mol. The molecule has 0 aliphatic rings. The number of likely N-dealkylation sites (N-methyl/N-ethyl adjacent to an activating group) is 1. The summed E-state index contributed by atoms with van der Waals surface area (Å²) in [5.41, 5.74) is 0.664. The van der Waals surface area contributed by atoms with E-state index in [-0.39, 0.29) is 11.3 Å². The van der Waals surface area contributed by atoms with Gasteiger partial charge in [0, 0.05) is 12.7 Å². The molecule has 0 fully saturated rings. The van der Waals surface area contributed by atoms with Crippen molar-refractivity contribution in [1.29, 1.82) is 0 Å². The summed E-state index contributed by atoms with van der Waals surface area (Å²) in [4.78, 5) is 26.2. The number of ether oxygens (including phenoxy) is 1. The number of sulfonamides is 1. The molecule has 1 N–H and O–H groups in total. The summed E-state index contributed by atoms with van der Waals surface area (Å²) in [7, 11) is -2.31. The molecule has 0 saturated heterocycles. The molecule has 0 radical (unpaired) electrons. The highest BCUT2D eigenvalue weighted by molar-refractivity contribution is 7.98. The number of nitrogens with zero attached hydrogens (tertiary/aromatic N) is 1. The van der Waals surface area contributed by atoms with E-state index >= 15 is 0 Å². The smallest absolute Gasteiger partial charge is 0.324 e. The molecule has 2 aromatic carbocycles. The highest BCUT2D eigenvalue weighted by Gasteiger charge is 2.27. The Labute approximate surface area is 175 Å². The summed E-state index contributed by atoms with van der Waals surface area (Å²) in [6.45, 7) is -0.479. The van der Waals surface area contributed by atoms with Gasteiger partial charge in [0.2, 0.25) is 10.0 Å². The second-order valence-electron chi connectivity index (χ2n) is 6.16. The van der Waals surface area contributed by atoms with Crippen LogP contribution in [-0.4, -0.2) is 52.0 Å². The third kappa shape index (κ3) is 6.88. The Kier molecular flexibility index (Phi) is 8.69. The maximum atomic E-state index is 12.5. The van der Waals surface area contributed by atoms with Crippen LogP contribution in [-0.2, 0) is 24.3 Å². The summed E-state index contributed by atoms with van der Waals surface area (Å²) >= 11 is 1.48. The Morgan fingerprint density at radius 1 is 1.07 bits per heavy atom. The zero-order chi connectivity index (χ0) is 21.3. The van der Waals surface area contributed by atoms with E-state index in [1.807, 2.05) is 12.3 Å². The molecule has 0 aliphatic heterocycles. The van der Waals surface area contributed by atoms with Gasteiger partial charge in [-0.3, -0.25) is 9.59 Å². The first-order chi connectivity index (χ1) is 13.8. The number of thioether (sulfide) groups is 1. The molecule has 0 aliphatic carbocycles. The molecule has 0 saturated carbocycles. The Morgan fingerprint density at radius 3 is 2.24 bits per heavy atom. The normalized spacial score (nSPS) is 12.2. The average molecular weight is 437 g/mol. The molecule has 0 heterocycles. The molecule has 2 aromatic rings. The molecular formula is C20H24N2O5S2. The molecule has 7 nitrogen and oxygen atoms in total. The average Bonchev–Trinajstić information content (AvgIpc) is 2.75. The summed E-state index contributed by atoms with van der Waals surface area (Å²) in [6, 6.07) is 15.6. The minimum atomic E-state index is -3.89. The van der Waals surface area contributed by atoms with Gasteiger partial charge in [0.1, 0.15) is 6.04 Å². The molecule has 0 spiro atoms. The van der Waals surface area contributed by atoms with Gasteiger partial charge in [-0.2, -0.15) is 16.5 Å². The van der Waals surface area contributed by atoms with Crippen LogP contribution in [0, 0.1) is 0 Å². The number of rotatable bonds is 10. The third-order valence-electron chi connectivity index (χ3n) is 4.10. The second-order valence-corrected chi connectivity index (χ2v) is 8.86. The lowest BCUT2D eigenvalue weighted by atomic mass is 10.2. The van der Waals surface area contributed by atoms with Gasteiger partial charge in [-0.05, 0) is 42.7 Å². The summed E-state index contributed by atoms with van der Waals surface area (Å²) in [6.07, 6.45) is 2.10. The van der Waals surface area contributed by atoms with Crippen molar-refractivity contribution in [2.75, 3.05) is 30.6 Å². The highest BCUT2D eigenvalue weighted by atomic mass is 32.2. The lowest BCUT2D eigenvalue weighted by Crippen LogP contribution is -2.43. The lowest BCUT2D eigenvalue weighted by molar-refractivity contribution is -0.149. The van der Waals surface area contributed by atoms with Gasteiger partial charge < -0.3 is 9.64 Å². The monoisotopic (exact) mass is 436 g/mol. The molecule has 0 bridgehead atoms. The third-order valence-corrected chi connectivity index (χ3v) is 6.23. The number of para-hydroxylation sites is 1. The quantitative estimate of drug-likeness (QED) is 0.575. The summed E-state index contributed by atoms with van der Waals surface area (Å²) < 4.78 is 32.6. The SMILES string of the molecule is CSCCC(NS(=O)(=O)c1ccccc1)C(=O)OCC(=O)N(C)c1ccccc1. The number of benzene rings is 2. The number of carbonyl (C=O) groups is 2. The summed E-state index contributed by atoms with van der Waals surface area (Å²) in [5.74, 6) is -0.651. The van der Waals surface area contributed by atoms with E-state index < -0.39 is 34.5 Å². The maximum absolute atomic E-state index is 12.5. The van der Waals surface area contributed by atoms with Crippen molar-refractivity contribution in [1.82, 2.24) is 4.72 Å². The van der Waals surface area contributed by atoms with Gasteiger partial charge in [-0.1, -0.05) is 36.4 Å². The van der Waals surface area contributed by atoms with E-state index in [9.17, 15) is 18.0 Å². The van der Waals surface area contributed by atoms with Crippen molar-refractivity contribution in [3.05, 3.63) is 60.7 Å². The molecule has 2 rings (SSSR count). The minimum Gasteiger partial charge on any atom is -0.454 e. The number of hydrogen-bond acceptors (Lipinski definition) is 6. The van der Waals surface area contributed by atoms with Crippen molar-refractivity contribution in [2.45, 2.75) is 17.4 Å². The van der Waals surface area contributed by atoms with Crippen molar-refractivity contribution in [2.24, 2.45) is 0 Å². The number of amides is 1. The molecule has 1 atom stereocenters. The van der Waals surface area contributed by atoms with Crippen LogP contribution in [0.4, 0.5) is 5.69 Å². The number of nitrogens with one attached hydrogen (secondary N) is 1. The fraction of sp³-hybridized carbons (Fsp3) is 0.300. The van der Waals surface area contributed by atoms with Crippen molar-refractivity contribution in [3.63, 3.8) is 0 Å². The van der Waals surface area contributed by atoms with Crippen LogP contribution in [0.2, 0.25) is 0 Å². The zero-order valence-electron chi connectivity index (χ0n) is 16.3. The lowest BCUT2D eigenvalue weighted by Gasteiger charge is -2.20. The van der Waals surface area contributed by atoms with Crippen LogP contribution in [0.3, 0.4) is 0 Å². The molecule has 9 heteroatoms. The van der Waals surface area contributed by atoms with E-state index in [0.717, 1.165) is 0 Å². The number of anilines is 1. The van der Waals surface area contributed by atoms with Gasteiger partial charge in [0.25, 0.3) is 5.91 Å². The van der Waals surface area contributed by atoms with Crippen LogP contribution in [0.5, 0.6) is 0 Å². The highest BCUT2D eigenvalue weighted by Crippen LogP contribution is 2.13. The standard InChI is InChI=1S/C20H24N2O5S2/c1-22(16-9-5-3-6-10-16)19(23)15-27-20(24)18(13-14-28-2)21-29(25,26)17-11-7-4-8-12-17/h3-12,18,21H,13-15H2,1-2H3. The largest absolute Gasteiger partial charge is 0.454 e. The van der Waals surface area contributed by atoms with Gasteiger partial charge >= 0.3 is 5.97 Å². The summed E-state index contributed by atoms with van der Waals surface area (Å²) in [5, 5.41) is 0. The first kappa shape index (κ1) is 22.9. The van der Waals surface area contributed by atoms with Crippen LogP contribution in [0.1, 0.15) is 6.42 Å². The van der Waals surface area contributed by atoms with Crippen LogP contribution in [0.15, 0.2) is 65.6 Å². The van der Waals surface area contributed by atoms with Gasteiger partial charge in [-0.15, -0.1) is 0 Å². The van der Waals surface area contributed by atoms with Crippen LogP contribution >= 0.6 is 11.8 Å².